The summed E-state index contributed by atoms with van der Waals surface area (Å²) in [5.74, 6) is -0.193. The molecule has 6 heteroatoms. The van der Waals surface area contributed by atoms with Crippen LogP contribution < -0.4 is 0 Å². The first-order valence-electron chi connectivity index (χ1n) is 30.1. The zero-order valence-corrected chi connectivity index (χ0v) is 47.1. The van der Waals surface area contributed by atoms with E-state index in [1.54, 1.807) is 0 Å². The van der Waals surface area contributed by atoms with Gasteiger partial charge in [-0.2, -0.15) is 0 Å². The Morgan fingerprint density at radius 1 is 0.436 bits per heavy atom. The third-order valence-corrected chi connectivity index (χ3v) is 16.1. The number of Topliss-reactive ketones (excluding diaryl/α,β-unsaturated/α-hetero) is 1. The first kappa shape index (κ1) is 59.6. The molecule has 0 amide bonds. The van der Waals surface area contributed by atoms with Gasteiger partial charge < -0.3 is 14.9 Å². The summed E-state index contributed by atoms with van der Waals surface area (Å²) < 4.78 is 6.48. The maximum atomic E-state index is 12.6. The highest BCUT2D eigenvalue weighted by atomic mass is 16.5. The van der Waals surface area contributed by atoms with Crippen LogP contribution in [0.3, 0.4) is 0 Å². The van der Waals surface area contributed by atoms with Gasteiger partial charge in [-0.1, -0.05) is 269 Å². The van der Waals surface area contributed by atoms with E-state index < -0.39 is 17.8 Å². The first-order valence-corrected chi connectivity index (χ1v) is 30.1. The van der Waals surface area contributed by atoms with E-state index >= 15 is 0 Å². The highest BCUT2D eigenvalue weighted by Crippen LogP contribution is 2.41. The van der Waals surface area contributed by atoms with E-state index in [-0.39, 0.29) is 30.4 Å². The summed E-state index contributed by atoms with van der Waals surface area (Å²) in [7, 11) is 0. The molecule has 2 N–H and O–H groups in total. The van der Waals surface area contributed by atoms with Gasteiger partial charge in [-0.05, 0) is 112 Å². The van der Waals surface area contributed by atoms with Crippen LogP contribution in [-0.2, 0) is 31.1 Å². The van der Waals surface area contributed by atoms with E-state index in [4.69, 9.17) is 4.74 Å². The number of hydrogen-bond donors (Lipinski definition) is 2. The molecule has 7 aromatic carbocycles. The number of allylic oxidation sites excluding steroid dienone is 4. The second kappa shape index (κ2) is 32.1. The number of carbonyl (C=O) groups is 3. The molecule has 0 aliphatic heterocycles. The zero-order valence-electron chi connectivity index (χ0n) is 47.1. The summed E-state index contributed by atoms with van der Waals surface area (Å²) in [4.78, 5) is 37.5. The highest BCUT2D eigenvalue weighted by molar-refractivity contribution is 6.23. The van der Waals surface area contributed by atoms with Crippen LogP contribution in [0, 0.1) is 0 Å². The third kappa shape index (κ3) is 16.5. The average molecular weight is 1050 g/mol. The van der Waals surface area contributed by atoms with E-state index in [2.05, 4.69) is 68.4 Å². The normalized spacial score (nSPS) is 13.6. The molecule has 1 unspecified atom stereocenters. The van der Waals surface area contributed by atoms with Gasteiger partial charge in [0, 0.05) is 17.6 Å². The molecule has 6 nitrogen and oxygen atoms in total. The second-order valence-electron chi connectivity index (χ2n) is 21.9. The van der Waals surface area contributed by atoms with Crippen molar-refractivity contribution in [2.45, 2.75) is 192 Å². The number of aliphatic hydroxyl groups is 2. The van der Waals surface area contributed by atoms with Gasteiger partial charge in [0.25, 0.3) is 0 Å². The predicted octanol–water partition coefficient (Wildman–Crippen LogP) is 17.8. The molecule has 1 aliphatic carbocycles. The average Bonchev–Trinajstić information content (AvgIpc) is 3.68. The minimum atomic E-state index is -1.47. The Morgan fingerprint density at radius 2 is 0.833 bits per heavy atom. The molecule has 2 atom stereocenters. The zero-order chi connectivity index (χ0) is 54.8. The summed E-state index contributed by atoms with van der Waals surface area (Å²) in [6.07, 6.45) is 28.3. The SMILES string of the molecule is CCCCCC(=O)C(O)[C@@H](O)COC(c1ccccc1)(c1ccccc1)c1ccccc1.CCCCCCCCCCC1=C(CCCCCCCCCCCCc2ccc3ccc4cccc5ccc2c3c45)C(=O)C=CC1=O. The lowest BCUT2D eigenvalue weighted by molar-refractivity contribution is -0.138. The number of hydrogen-bond acceptors (Lipinski definition) is 6. The van der Waals surface area contributed by atoms with Crippen molar-refractivity contribution < 1.29 is 29.3 Å². The van der Waals surface area contributed by atoms with Crippen molar-refractivity contribution in [1.82, 2.24) is 0 Å². The monoisotopic (exact) mass is 1050 g/mol. The van der Waals surface area contributed by atoms with Crippen LogP contribution >= 0.6 is 0 Å². The Balaban J connectivity index is 0.000000242. The molecule has 78 heavy (non-hydrogen) atoms. The van der Waals surface area contributed by atoms with Crippen LogP contribution in [0.1, 0.15) is 190 Å². The molecule has 1 aliphatic rings. The molecular weight excluding hydrogens is 961 g/mol. The van der Waals surface area contributed by atoms with E-state index in [1.807, 2.05) is 91.0 Å². The van der Waals surface area contributed by atoms with Gasteiger partial charge in [0.15, 0.2) is 17.3 Å². The fourth-order valence-corrected chi connectivity index (χ4v) is 11.7. The maximum absolute atomic E-state index is 12.6. The van der Waals surface area contributed by atoms with Crippen molar-refractivity contribution in [2.75, 3.05) is 6.61 Å². The van der Waals surface area contributed by atoms with E-state index in [0.717, 1.165) is 85.6 Å². The largest absolute Gasteiger partial charge is 0.388 e. The lowest BCUT2D eigenvalue weighted by Gasteiger charge is -2.37. The Morgan fingerprint density at radius 3 is 1.31 bits per heavy atom. The molecule has 0 spiro atoms. The van der Waals surface area contributed by atoms with Crippen LogP contribution in [-0.4, -0.2) is 46.4 Å². The van der Waals surface area contributed by atoms with Gasteiger partial charge in [0.1, 0.15) is 17.8 Å². The lowest BCUT2D eigenvalue weighted by atomic mass is 9.80. The molecular formula is C72H88O6. The van der Waals surface area contributed by atoms with Crippen molar-refractivity contribution in [3.63, 3.8) is 0 Å². The molecule has 0 heterocycles. The third-order valence-electron chi connectivity index (χ3n) is 16.1. The van der Waals surface area contributed by atoms with Crippen LogP contribution in [0.5, 0.6) is 0 Å². The van der Waals surface area contributed by atoms with Crippen molar-refractivity contribution in [3.8, 4) is 0 Å². The van der Waals surface area contributed by atoms with Gasteiger partial charge in [-0.3, -0.25) is 14.4 Å². The van der Waals surface area contributed by atoms with Gasteiger partial charge in [0.05, 0.1) is 6.61 Å². The Kier molecular flexibility index (Phi) is 24.6. The van der Waals surface area contributed by atoms with Crippen LogP contribution in [0.15, 0.2) is 169 Å². The highest BCUT2D eigenvalue weighted by Gasteiger charge is 2.39. The minimum Gasteiger partial charge on any atom is -0.388 e. The topological polar surface area (TPSA) is 101 Å². The van der Waals surface area contributed by atoms with Crippen LogP contribution in [0.25, 0.3) is 32.3 Å². The Bertz CT molecular complexity index is 2840. The molecule has 0 saturated heterocycles. The van der Waals surface area contributed by atoms with Gasteiger partial charge >= 0.3 is 0 Å². The number of ether oxygens (including phenoxy) is 1. The second-order valence-corrected chi connectivity index (χ2v) is 21.9. The molecule has 0 aromatic heterocycles. The number of rotatable bonds is 34. The molecule has 0 fully saturated rings. The molecule has 8 rings (SSSR count). The smallest absolute Gasteiger partial charge is 0.182 e. The van der Waals surface area contributed by atoms with Crippen molar-refractivity contribution >= 4 is 49.7 Å². The lowest BCUT2D eigenvalue weighted by Crippen LogP contribution is -2.41. The Hall–Kier alpha value is -6.05. The number of benzene rings is 7. The van der Waals surface area contributed by atoms with Crippen molar-refractivity contribution in [1.29, 1.82) is 0 Å². The van der Waals surface area contributed by atoms with Gasteiger partial charge in [0.2, 0.25) is 0 Å². The summed E-state index contributed by atoms with van der Waals surface area (Å²) >= 11 is 0. The molecule has 412 valence electrons. The molecule has 0 bridgehead atoms. The number of aliphatic hydroxyl groups excluding tert-OH is 2. The number of unbranched alkanes of at least 4 members (excludes halogenated alkanes) is 18. The predicted molar refractivity (Wildman–Crippen MR) is 324 cm³/mol. The first-order chi connectivity index (χ1) is 38.3. The van der Waals surface area contributed by atoms with Crippen LogP contribution in [0.4, 0.5) is 0 Å². The quantitative estimate of drug-likeness (QED) is 0.0180. The van der Waals surface area contributed by atoms with Gasteiger partial charge in [-0.25, -0.2) is 0 Å². The van der Waals surface area contributed by atoms with E-state index in [9.17, 15) is 24.6 Å². The fraction of sp³-hybridized carbons (Fsp3) is 0.431. The summed E-state index contributed by atoms with van der Waals surface area (Å²) in [5.41, 5.74) is 4.82. The standard InChI is InChI=1S/C44H56O2.C28H32O4/c1-2-3-4-5-6-12-15-18-24-39-40(42(46)33-32-41(39)45)25-19-16-13-10-8-7-9-11-14-17-21-34-26-27-37-29-28-35-22-20-23-36-30-31-38(34)44(37)43(35)36;1-2-3-7-20-25(29)27(31)26(30)21-32-28(22-14-8-4-9-15-22,23-16-10-5-11-17-23)24-18-12-6-13-19-24/h20,22-23,26-33H,2-19,21,24-25H2,1H3;4-6,8-19,26-27,30-31H,2-3,7,20-21H2,1H3/t;26-,27?/m.0/s1. The molecule has 0 radical (unpaired) electrons. The van der Waals surface area contributed by atoms with E-state index in [1.165, 1.54) is 140 Å². The number of ketones is 3. The Labute approximate surface area is 466 Å². The van der Waals surface area contributed by atoms with Crippen LogP contribution in [0.2, 0.25) is 0 Å². The fourth-order valence-electron chi connectivity index (χ4n) is 11.7. The van der Waals surface area contributed by atoms with Crippen molar-refractivity contribution in [3.05, 3.63) is 191 Å². The van der Waals surface area contributed by atoms with Crippen molar-refractivity contribution in [2.24, 2.45) is 0 Å². The maximum Gasteiger partial charge on any atom is 0.182 e. The number of aryl methyl sites for hydroxylation is 1. The van der Waals surface area contributed by atoms with E-state index in [0.29, 0.717) is 6.42 Å². The minimum absolute atomic E-state index is 0.0772. The molecule has 7 aromatic rings. The summed E-state index contributed by atoms with van der Waals surface area (Å²) in [6, 6.07) is 49.9. The number of carbonyl (C=O) groups excluding carboxylic acids is 3. The summed E-state index contributed by atoms with van der Waals surface area (Å²) in [6.45, 7) is 4.11. The molecule has 0 saturated carbocycles. The van der Waals surface area contributed by atoms with Gasteiger partial charge in [-0.15, -0.1) is 0 Å². The summed E-state index contributed by atoms with van der Waals surface area (Å²) in [5, 5.41) is 29.4.